The van der Waals surface area contributed by atoms with Gasteiger partial charge in [0.05, 0.1) is 5.69 Å². The van der Waals surface area contributed by atoms with Crippen LogP contribution in [0.1, 0.15) is 24.8 Å². The van der Waals surface area contributed by atoms with E-state index in [0.717, 1.165) is 11.3 Å². The van der Waals surface area contributed by atoms with Gasteiger partial charge in [-0.25, -0.2) is 4.98 Å². The fraction of sp³-hybridized carbons (Fsp3) is 0.308. The van der Waals surface area contributed by atoms with E-state index in [4.69, 9.17) is 0 Å². The van der Waals surface area contributed by atoms with Gasteiger partial charge in [-0.15, -0.1) is 11.3 Å². The summed E-state index contributed by atoms with van der Waals surface area (Å²) >= 11 is 1.40. The highest BCUT2D eigenvalue weighted by Gasteiger charge is 2.26. The van der Waals surface area contributed by atoms with Crippen molar-refractivity contribution in [3.63, 3.8) is 0 Å². The number of aromatic nitrogens is 2. The molecule has 2 heterocycles. The largest absolute Gasteiger partial charge is 0.481 e. The molecule has 0 radical (unpaired) electrons. The predicted molar refractivity (Wildman–Crippen MR) is 70.6 cm³/mol. The first-order chi connectivity index (χ1) is 8.59. The number of rotatable bonds is 4. The van der Waals surface area contributed by atoms with Crippen molar-refractivity contribution in [3.05, 3.63) is 34.9 Å². The minimum Gasteiger partial charge on any atom is -0.481 e. The van der Waals surface area contributed by atoms with E-state index in [1.165, 1.54) is 11.3 Å². The lowest BCUT2D eigenvalue weighted by Gasteiger charge is -2.12. The van der Waals surface area contributed by atoms with Crippen LogP contribution in [0.25, 0.3) is 11.3 Å². The Bertz CT molecular complexity index is 537. The van der Waals surface area contributed by atoms with Crippen LogP contribution in [0.5, 0.6) is 0 Å². The van der Waals surface area contributed by atoms with Crippen LogP contribution in [0.4, 0.5) is 0 Å². The smallest absolute Gasteiger partial charge is 0.313 e. The summed E-state index contributed by atoms with van der Waals surface area (Å²) in [4.78, 5) is 19.6. The maximum absolute atomic E-state index is 11.2. The molecule has 18 heavy (non-hydrogen) atoms. The Kier molecular flexibility index (Phi) is 3.72. The molecule has 0 amide bonds. The Balaban J connectivity index is 2.33. The number of aliphatic carboxylic acids is 1. The van der Waals surface area contributed by atoms with Crippen LogP contribution in [0.2, 0.25) is 0 Å². The number of nitrogens with zero attached hydrogens (tertiary/aromatic N) is 2. The van der Waals surface area contributed by atoms with Gasteiger partial charge in [0.15, 0.2) is 0 Å². The molecule has 0 spiro atoms. The van der Waals surface area contributed by atoms with E-state index in [1.807, 2.05) is 31.4 Å². The summed E-state index contributed by atoms with van der Waals surface area (Å²) in [5.74, 6) is -1.33. The average molecular weight is 262 g/mol. The number of carbonyl (C=O) groups is 1. The second kappa shape index (κ2) is 5.27. The topological polar surface area (TPSA) is 63.1 Å². The lowest BCUT2D eigenvalue weighted by molar-refractivity contribution is -0.139. The molecule has 5 heteroatoms. The molecule has 0 saturated carbocycles. The van der Waals surface area contributed by atoms with E-state index in [9.17, 15) is 9.90 Å². The third-order valence-electron chi connectivity index (χ3n) is 2.70. The minimum absolute atomic E-state index is 0.0268. The summed E-state index contributed by atoms with van der Waals surface area (Å²) in [5.41, 5.74) is 1.77. The normalized spacial score (nSPS) is 12.6. The second-order valence-corrected chi connectivity index (χ2v) is 5.26. The molecule has 0 bridgehead atoms. The third kappa shape index (κ3) is 2.56. The molecular formula is C13H14N2O2S. The molecule has 0 aliphatic carbocycles. The van der Waals surface area contributed by atoms with Gasteiger partial charge in [0.2, 0.25) is 0 Å². The van der Waals surface area contributed by atoms with E-state index >= 15 is 0 Å². The first kappa shape index (κ1) is 12.7. The standard InChI is InChI=1S/C13H14N2O2S/c1-8(2)11(13(16)17)12-15-10(7-18-12)9-3-5-14-6-4-9/h3-8,11H,1-2H3,(H,16,17). The lowest BCUT2D eigenvalue weighted by atomic mass is 9.97. The number of hydrogen-bond donors (Lipinski definition) is 1. The number of hydrogen-bond acceptors (Lipinski definition) is 4. The highest BCUT2D eigenvalue weighted by Crippen LogP contribution is 2.30. The van der Waals surface area contributed by atoms with Crippen molar-refractivity contribution in [2.24, 2.45) is 5.92 Å². The Hall–Kier alpha value is -1.75. The Morgan fingerprint density at radius 2 is 2.00 bits per heavy atom. The van der Waals surface area contributed by atoms with Gasteiger partial charge in [0.1, 0.15) is 10.9 Å². The molecule has 4 nitrogen and oxygen atoms in total. The zero-order chi connectivity index (χ0) is 13.1. The lowest BCUT2D eigenvalue weighted by Crippen LogP contribution is -2.17. The van der Waals surface area contributed by atoms with Gasteiger partial charge in [-0.1, -0.05) is 13.8 Å². The van der Waals surface area contributed by atoms with Crippen molar-refractivity contribution in [1.82, 2.24) is 9.97 Å². The van der Waals surface area contributed by atoms with Crippen LogP contribution in [0.15, 0.2) is 29.9 Å². The summed E-state index contributed by atoms with van der Waals surface area (Å²) in [7, 11) is 0. The fourth-order valence-electron chi connectivity index (χ4n) is 1.76. The van der Waals surface area contributed by atoms with Crippen LogP contribution in [-0.2, 0) is 4.79 Å². The summed E-state index contributed by atoms with van der Waals surface area (Å²) in [6.07, 6.45) is 3.40. The predicted octanol–water partition coefficient (Wildman–Crippen LogP) is 3.03. The average Bonchev–Trinajstić information content (AvgIpc) is 2.78. The highest BCUT2D eigenvalue weighted by molar-refractivity contribution is 7.10. The molecule has 0 saturated heterocycles. The molecule has 0 aromatic carbocycles. The van der Waals surface area contributed by atoms with Gasteiger partial charge in [-0.05, 0) is 18.1 Å². The molecule has 0 aliphatic heterocycles. The zero-order valence-electron chi connectivity index (χ0n) is 10.2. The summed E-state index contributed by atoms with van der Waals surface area (Å²) in [6, 6.07) is 3.73. The van der Waals surface area contributed by atoms with E-state index < -0.39 is 11.9 Å². The van der Waals surface area contributed by atoms with E-state index in [2.05, 4.69) is 9.97 Å². The van der Waals surface area contributed by atoms with E-state index in [1.54, 1.807) is 12.4 Å². The van der Waals surface area contributed by atoms with Crippen molar-refractivity contribution < 1.29 is 9.90 Å². The van der Waals surface area contributed by atoms with Crippen LogP contribution >= 0.6 is 11.3 Å². The van der Waals surface area contributed by atoms with E-state index in [-0.39, 0.29) is 5.92 Å². The summed E-state index contributed by atoms with van der Waals surface area (Å²) < 4.78 is 0. The van der Waals surface area contributed by atoms with Crippen molar-refractivity contribution in [2.45, 2.75) is 19.8 Å². The van der Waals surface area contributed by atoms with Crippen molar-refractivity contribution in [3.8, 4) is 11.3 Å². The number of thiazole rings is 1. The molecule has 0 aliphatic rings. The molecule has 2 rings (SSSR count). The van der Waals surface area contributed by atoms with Crippen LogP contribution in [0, 0.1) is 5.92 Å². The molecule has 0 fully saturated rings. The molecule has 2 aromatic rings. The van der Waals surface area contributed by atoms with Gasteiger partial charge in [0.25, 0.3) is 0 Å². The Labute approximate surface area is 109 Å². The number of carboxylic acids is 1. The first-order valence-corrected chi connectivity index (χ1v) is 6.56. The fourth-order valence-corrected chi connectivity index (χ4v) is 2.85. The van der Waals surface area contributed by atoms with Crippen LogP contribution < -0.4 is 0 Å². The van der Waals surface area contributed by atoms with Gasteiger partial charge >= 0.3 is 5.97 Å². The molecule has 94 valence electrons. The quantitative estimate of drug-likeness (QED) is 0.920. The molecule has 1 atom stereocenters. The van der Waals surface area contributed by atoms with E-state index in [0.29, 0.717) is 5.01 Å². The van der Waals surface area contributed by atoms with Gasteiger partial charge in [0, 0.05) is 23.3 Å². The number of carboxylic acid groups (broad SMARTS) is 1. The maximum Gasteiger partial charge on any atom is 0.313 e. The SMILES string of the molecule is CC(C)C(C(=O)O)c1nc(-c2ccncc2)cs1. The third-order valence-corrected chi connectivity index (χ3v) is 3.62. The number of pyridine rings is 1. The van der Waals surface area contributed by atoms with Crippen LogP contribution in [-0.4, -0.2) is 21.0 Å². The second-order valence-electron chi connectivity index (χ2n) is 4.37. The Morgan fingerprint density at radius 1 is 1.33 bits per heavy atom. The van der Waals surface area contributed by atoms with Gasteiger partial charge < -0.3 is 5.11 Å². The molecule has 1 unspecified atom stereocenters. The monoisotopic (exact) mass is 262 g/mol. The van der Waals surface area contributed by atoms with Crippen molar-refractivity contribution in [1.29, 1.82) is 0 Å². The van der Waals surface area contributed by atoms with Crippen molar-refractivity contribution in [2.75, 3.05) is 0 Å². The van der Waals surface area contributed by atoms with Crippen LogP contribution in [0.3, 0.4) is 0 Å². The van der Waals surface area contributed by atoms with Gasteiger partial charge in [-0.2, -0.15) is 0 Å². The maximum atomic E-state index is 11.2. The first-order valence-electron chi connectivity index (χ1n) is 5.68. The summed E-state index contributed by atoms with van der Waals surface area (Å²) in [6.45, 7) is 3.79. The summed E-state index contributed by atoms with van der Waals surface area (Å²) in [5, 5.41) is 11.8. The minimum atomic E-state index is -0.819. The zero-order valence-corrected chi connectivity index (χ0v) is 11.0. The molecular weight excluding hydrogens is 248 g/mol. The Morgan fingerprint density at radius 3 is 2.56 bits per heavy atom. The highest BCUT2D eigenvalue weighted by atomic mass is 32.1. The molecule has 2 aromatic heterocycles. The van der Waals surface area contributed by atoms with Crippen molar-refractivity contribution >= 4 is 17.3 Å². The van der Waals surface area contributed by atoms with Gasteiger partial charge in [-0.3, -0.25) is 9.78 Å². The molecule has 1 N–H and O–H groups in total.